The number of aromatic nitrogens is 2. The molecule has 0 aromatic carbocycles. The summed E-state index contributed by atoms with van der Waals surface area (Å²) in [6.45, 7) is 4.20. The zero-order valence-electron chi connectivity index (χ0n) is 9.24. The average Bonchev–Trinajstić information content (AvgIpc) is 2.74. The van der Waals surface area contributed by atoms with Crippen LogP contribution >= 0.6 is 11.3 Å². The zero-order valence-corrected chi connectivity index (χ0v) is 10.1. The van der Waals surface area contributed by atoms with Crippen molar-refractivity contribution in [2.45, 2.75) is 19.8 Å². The quantitative estimate of drug-likeness (QED) is 0.791. The van der Waals surface area contributed by atoms with E-state index < -0.39 is 0 Å². The molecule has 3 heterocycles. The number of allylic oxidation sites excluding steroid dienone is 4. The molecule has 0 atom stereocenters. The lowest BCUT2D eigenvalue weighted by molar-refractivity contribution is 0.878. The van der Waals surface area contributed by atoms with Gasteiger partial charge in [-0.25, -0.2) is 0 Å². The summed E-state index contributed by atoms with van der Waals surface area (Å²) in [6.07, 6.45) is 6.40. The summed E-state index contributed by atoms with van der Waals surface area (Å²) in [5.41, 5.74) is 3.58. The van der Waals surface area contributed by atoms with E-state index in [0.717, 1.165) is 5.52 Å². The van der Waals surface area contributed by atoms with Crippen LogP contribution in [0.2, 0.25) is 0 Å². The lowest BCUT2D eigenvalue weighted by atomic mass is 10.0. The lowest BCUT2D eigenvalue weighted by Gasteiger charge is -2.17. The molecule has 2 aromatic rings. The van der Waals surface area contributed by atoms with Crippen LogP contribution in [0.25, 0.3) is 10.2 Å². The molecular weight excluding hydrogens is 218 g/mol. The van der Waals surface area contributed by atoms with Crippen LogP contribution in [0.5, 0.6) is 0 Å². The summed E-state index contributed by atoms with van der Waals surface area (Å²) in [5.74, 6) is 0.395. The molecule has 82 valence electrons. The minimum Gasteiger partial charge on any atom is -0.363 e. The summed E-state index contributed by atoms with van der Waals surface area (Å²) in [5, 5.41) is 10.3. The maximum absolute atomic E-state index is 4.02. The van der Waals surface area contributed by atoms with Crippen molar-refractivity contribution in [3.63, 3.8) is 0 Å². The van der Waals surface area contributed by atoms with Gasteiger partial charge in [-0.2, -0.15) is 5.10 Å². The summed E-state index contributed by atoms with van der Waals surface area (Å²) < 4.78 is 1.23. The normalized spacial score (nSPS) is 17.1. The molecule has 1 aliphatic heterocycles. The van der Waals surface area contributed by atoms with Crippen molar-refractivity contribution in [1.29, 1.82) is 0 Å². The lowest BCUT2D eigenvalue weighted by Crippen LogP contribution is -2.14. The molecule has 0 unspecified atom stereocenters. The Morgan fingerprint density at radius 3 is 2.69 bits per heavy atom. The third-order valence-electron chi connectivity index (χ3n) is 2.73. The van der Waals surface area contributed by atoms with Gasteiger partial charge in [-0.3, -0.25) is 5.10 Å². The molecule has 0 aliphatic carbocycles. The molecule has 3 rings (SSSR count). The van der Waals surface area contributed by atoms with Gasteiger partial charge in [0.1, 0.15) is 0 Å². The van der Waals surface area contributed by atoms with Crippen molar-refractivity contribution in [2.75, 3.05) is 0 Å². The predicted molar refractivity (Wildman–Crippen MR) is 67.4 cm³/mol. The fraction of sp³-hybridized carbons (Fsp3) is 0.250. The standard InChI is InChI=1S/C12H13N3S/c1-7-3-9(4-8(2)14-7)11-5-10-12(16-11)6-13-15-10/h3-6,9,14H,1-2H3,(H,13,15). The van der Waals surface area contributed by atoms with E-state index in [9.17, 15) is 0 Å². The van der Waals surface area contributed by atoms with E-state index in [1.54, 1.807) is 11.3 Å². The molecule has 1 aliphatic rings. The molecular formula is C12H13N3S. The first-order chi connectivity index (χ1) is 7.72. The first kappa shape index (κ1) is 9.66. The molecule has 2 aromatic heterocycles. The first-order valence-corrected chi connectivity index (χ1v) is 6.11. The molecule has 0 saturated heterocycles. The second-order valence-corrected chi connectivity index (χ2v) is 5.26. The second kappa shape index (κ2) is 3.49. The van der Waals surface area contributed by atoms with E-state index >= 15 is 0 Å². The molecule has 0 spiro atoms. The van der Waals surface area contributed by atoms with E-state index in [1.807, 2.05) is 6.20 Å². The van der Waals surface area contributed by atoms with Gasteiger partial charge in [-0.15, -0.1) is 11.3 Å². The van der Waals surface area contributed by atoms with Crippen molar-refractivity contribution in [3.8, 4) is 0 Å². The number of nitrogens with one attached hydrogen (secondary N) is 2. The number of thiophene rings is 1. The van der Waals surface area contributed by atoms with E-state index in [0.29, 0.717) is 5.92 Å². The number of hydrogen-bond acceptors (Lipinski definition) is 3. The van der Waals surface area contributed by atoms with Gasteiger partial charge in [0, 0.05) is 22.2 Å². The molecule has 2 N–H and O–H groups in total. The van der Waals surface area contributed by atoms with E-state index in [1.165, 1.54) is 21.0 Å². The Hall–Kier alpha value is -1.55. The fourth-order valence-electron chi connectivity index (χ4n) is 2.08. The highest BCUT2D eigenvalue weighted by molar-refractivity contribution is 7.19. The Morgan fingerprint density at radius 2 is 2.00 bits per heavy atom. The van der Waals surface area contributed by atoms with Crippen LogP contribution in [-0.4, -0.2) is 10.2 Å². The van der Waals surface area contributed by atoms with Gasteiger partial charge >= 0.3 is 0 Å². The monoisotopic (exact) mass is 231 g/mol. The molecule has 0 amide bonds. The molecule has 3 nitrogen and oxygen atoms in total. The highest BCUT2D eigenvalue weighted by Gasteiger charge is 2.14. The Balaban J connectivity index is 2.04. The maximum atomic E-state index is 4.02. The molecule has 4 heteroatoms. The van der Waals surface area contributed by atoms with Gasteiger partial charge in [0.05, 0.1) is 16.4 Å². The average molecular weight is 231 g/mol. The molecule has 16 heavy (non-hydrogen) atoms. The largest absolute Gasteiger partial charge is 0.363 e. The van der Waals surface area contributed by atoms with Crippen molar-refractivity contribution < 1.29 is 0 Å². The van der Waals surface area contributed by atoms with Crippen LogP contribution in [0.3, 0.4) is 0 Å². The Morgan fingerprint density at radius 1 is 1.25 bits per heavy atom. The molecule has 0 fully saturated rings. The number of rotatable bonds is 1. The fourth-order valence-corrected chi connectivity index (χ4v) is 3.10. The third-order valence-corrected chi connectivity index (χ3v) is 3.90. The summed E-state index contributed by atoms with van der Waals surface area (Å²) in [4.78, 5) is 1.36. The van der Waals surface area contributed by atoms with E-state index in [4.69, 9.17) is 0 Å². The predicted octanol–water partition coefficient (Wildman–Crippen LogP) is 3.12. The number of aromatic amines is 1. The second-order valence-electron chi connectivity index (χ2n) is 4.15. The van der Waals surface area contributed by atoms with Crippen LogP contribution in [-0.2, 0) is 0 Å². The van der Waals surface area contributed by atoms with Gasteiger partial charge in [-0.1, -0.05) is 12.2 Å². The van der Waals surface area contributed by atoms with Gasteiger partial charge in [-0.05, 0) is 19.9 Å². The number of nitrogens with zero attached hydrogens (tertiary/aromatic N) is 1. The van der Waals surface area contributed by atoms with Gasteiger partial charge in [0.15, 0.2) is 0 Å². The third kappa shape index (κ3) is 1.55. The highest BCUT2D eigenvalue weighted by Crippen LogP contribution is 2.33. The summed E-state index contributed by atoms with van der Waals surface area (Å²) >= 11 is 1.80. The molecule has 0 saturated carbocycles. The summed E-state index contributed by atoms with van der Waals surface area (Å²) in [7, 11) is 0. The first-order valence-electron chi connectivity index (χ1n) is 5.29. The zero-order chi connectivity index (χ0) is 11.1. The van der Waals surface area contributed by atoms with Crippen LogP contribution in [0.1, 0.15) is 24.6 Å². The van der Waals surface area contributed by atoms with Crippen LogP contribution in [0.15, 0.2) is 35.8 Å². The van der Waals surface area contributed by atoms with Crippen molar-refractivity contribution in [3.05, 3.63) is 40.7 Å². The van der Waals surface area contributed by atoms with Gasteiger partial charge in [0.25, 0.3) is 0 Å². The Bertz CT molecular complexity index is 542. The summed E-state index contributed by atoms with van der Waals surface area (Å²) in [6, 6.07) is 2.19. The van der Waals surface area contributed by atoms with E-state index in [2.05, 4.69) is 47.6 Å². The SMILES string of the molecule is CC1=CC(c2cc3[nH]ncc3s2)C=C(C)N1. The highest BCUT2D eigenvalue weighted by atomic mass is 32.1. The molecule has 0 bridgehead atoms. The van der Waals surface area contributed by atoms with Crippen LogP contribution in [0, 0.1) is 0 Å². The number of H-pyrrole nitrogens is 1. The van der Waals surface area contributed by atoms with Crippen molar-refractivity contribution in [2.24, 2.45) is 0 Å². The number of fused-ring (bicyclic) bond motifs is 1. The van der Waals surface area contributed by atoms with Crippen LogP contribution in [0.4, 0.5) is 0 Å². The minimum atomic E-state index is 0.395. The minimum absolute atomic E-state index is 0.395. The smallest absolute Gasteiger partial charge is 0.0761 e. The Labute approximate surface area is 97.9 Å². The van der Waals surface area contributed by atoms with E-state index in [-0.39, 0.29) is 0 Å². The topological polar surface area (TPSA) is 40.7 Å². The number of dihydropyridines is 1. The maximum Gasteiger partial charge on any atom is 0.0761 e. The van der Waals surface area contributed by atoms with Crippen molar-refractivity contribution in [1.82, 2.24) is 15.5 Å². The van der Waals surface area contributed by atoms with Crippen LogP contribution < -0.4 is 5.32 Å². The Kier molecular flexibility index (Phi) is 2.11. The van der Waals surface area contributed by atoms with Gasteiger partial charge in [0.2, 0.25) is 0 Å². The van der Waals surface area contributed by atoms with Crippen molar-refractivity contribution >= 4 is 21.6 Å². The van der Waals surface area contributed by atoms with Gasteiger partial charge < -0.3 is 5.32 Å². The number of hydrogen-bond donors (Lipinski definition) is 2. The molecule has 0 radical (unpaired) electrons.